The molecular weight excluding hydrogens is 226 g/mol. The smallest absolute Gasteiger partial charge is 0.286 e. The molecule has 0 fully saturated rings. The molecule has 2 N–H and O–H groups in total. The Morgan fingerprint density at radius 1 is 1.44 bits per heavy atom. The molecule has 80 valence electrons. The zero-order valence-electron chi connectivity index (χ0n) is 8.04. The highest BCUT2D eigenvalue weighted by Crippen LogP contribution is 2.21. The van der Waals surface area contributed by atoms with E-state index in [1.165, 1.54) is 17.3 Å². The number of H-pyrrole nitrogens is 1. The lowest BCUT2D eigenvalue weighted by atomic mass is 10.4. The number of hydrogen-bond donors (Lipinski definition) is 2. The summed E-state index contributed by atoms with van der Waals surface area (Å²) in [6, 6.07) is 3.76. The van der Waals surface area contributed by atoms with E-state index in [0.29, 0.717) is 5.69 Å². The fraction of sp³-hybridized carbons (Fsp3) is 0. The van der Waals surface area contributed by atoms with Gasteiger partial charge in [-0.15, -0.1) is 21.5 Å². The molecule has 0 aliphatic carbocycles. The number of carbonyl (C=O) groups excluding carboxylic acids is 1. The van der Waals surface area contributed by atoms with Gasteiger partial charge in [0.05, 0.1) is 10.2 Å². The van der Waals surface area contributed by atoms with E-state index in [-0.39, 0.29) is 5.91 Å². The maximum Gasteiger partial charge on any atom is 0.286 e. The normalized spacial score (nSPS) is 10.8. The van der Waals surface area contributed by atoms with E-state index in [2.05, 4.69) is 20.6 Å². The first-order valence-electron chi connectivity index (χ1n) is 4.55. The third-order valence-corrected chi connectivity index (χ3v) is 3.00. The van der Waals surface area contributed by atoms with Gasteiger partial charge in [-0.1, -0.05) is 0 Å². The fourth-order valence-electron chi connectivity index (χ4n) is 1.41. The average Bonchev–Trinajstić information content (AvgIpc) is 2.91. The zero-order chi connectivity index (χ0) is 11.0. The van der Waals surface area contributed by atoms with Crippen molar-refractivity contribution in [2.24, 2.45) is 0 Å². The molecule has 3 aromatic heterocycles. The summed E-state index contributed by atoms with van der Waals surface area (Å²) >= 11 is 1.59. The van der Waals surface area contributed by atoms with Crippen LogP contribution < -0.4 is 5.43 Å². The number of fused-ring (bicyclic) bond motifs is 1. The van der Waals surface area contributed by atoms with Gasteiger partial charge in [0.1, 0.15) is 18.3 Å². The minimum absolute atomic E-state index is 0.219. The lowest BCUT2D eigenvalue weighted by Gasteiger charge is -2.01. The molecule has 0 bridgehead atoms. The van der Waals surface area contributed by atoms with E-state index >= 15 is 0 Å². The molecule has 0 saturated carbocycles. The average molecular weight is 233 g/mol. The number of nitrogens with one attached hydrogen (secondary N) is 2. The summed E-state index contributed by atoms with van der Waals surface area (Å²) in [5.74, 6) is -0.219. The van der Waals surface area contributed by atoms with Crippen molar-refractivity contribution in [1.29, 1.82) is 0 Å². The minimum atomic E-state index is -0.219. The van der Waals surface area contributed by atoms with Gasteiger partial charge in [0.15, 0.2) is 0 Å². The molecule has 1 amide bonds. The van der Waals surface area contributed by atoms with Crippen LogP contribution in [0.15, 0.2) is 30.2 Å². The standard InChI is InChI=1S/C9H7N5OS/c15-9(13-14-4-10-11-5-14)7-3-8-6(12-7)1-2-16-8/h1-5,12H,(H,13,15). The number of thiophene rings is 1. The summed E-state index contributed by atoms with van der Waals surface area (Å²) in [7, 11) is 0. The van der Waals surface area contributed by atoms with Crippen LogP contribution in [0, 0.1) is 0 Å². The number of aromatic nitrogens is 4. The van der Waals surface area contributed by atoms with E-state index in [4.69, 9.17) is 0 Å². The van der Waals surface area contributed by atoms with E-state index in [9.17, 15) is 4.79 Å². The number of hydrogen-bond acceptors (Lipinski definition) is 4. The molecule has 3 heterocycles. The van der Waals surface area contributed by atoms with Crippen LogP contribution in [0.4, 0.5) is 0 Å². The van der Waals surface area contributed by atoms with Gasteiger partial charge in [-0.25, -0.2) is 4.68 Å². The summed E-state index contributed by atoms with van der Waals surface area (Å²) in [6.07, 6.45) is 2.84. The monoisotopic (exact) mass is 233 g/mol. The second-order valence-corrected chi connectivity index (χ2v) is 4.14. The number of nitrogens with zero attached hydrogens (tertiary/aromatic N) is 3. The molecule has 0 spiro atoms. The summed E-state index contributed by atoms with van der Waals surface area (Å²) in [5.41, 5.74) is 4.11. The van der Waals surface area contributed by atoms with Crippen molar-refractivity contribution in [2.45, 2.75) is 0 Å². The molecule has 3 aromatic rings. The Morgan fingerprint density at radius 3 is 3.00 bits per heavy atom. The molecule has 6 nitrogen and oxygen atoms in total. The van der Waals surface area contributed by atoms with Crippen molar-refractivity contribution in [3.63, 3.8) is 0 Å². The van der Waals surface area contributed by atoms with Gasteiger partial charge in [0.25, 0.3) is 5.91 Å². The highest BCUT2D eigenvalue weighted by atomic mass is 32.1. The summed E-state index contributed by atoms with van der Waals surface area (Å²) < 4.78 is 2.46. The van der Waals surface area contributed by atoms with E-state index < -0.39 is 0 Å². The maximum atomic E-state index is 11.8. The van der Waals surface area contributed by atoms with Crippen molar-refractivity contribution < 1.29 is 4.79 Å². The van der Waals surface area contributed by atoms with Crippen LogP contribution in [0.1, 0.15) is 10.5 Å². The van der Waals surface area contributed by atoms with Gasteiger partial charge >= 0.3 is 0 Å². The van der Waals surface area contributed by atoms with Crippen molar-refractivity contribution >= 4 is 27.5 Å². The first kappa shape index (κ1) is 9.10. The minimum Gasteiger partial charge on any atom is -0.350 e. The Hall–Kier alpha value is -2.15. The fourth-order valence-corrected chi connectivity index (χ4v) is 2.19. The van der Waals surface area contributed by atoms with Crippen LogP contribution in [0.2, 0.25) is 0 Å². The Labute approximate surface area is 93.9 Å². The molecular formula is C9H7N5OS. The molecule has 0 aromatic carbocycles. The molecule has 0 atom stereocenters. The molecule has 16 heavy (non-hydrogen) atoms. The molecule has 0 aliphatic heterocycles. The third-order valence-electron chi connectivity index (χ3n) is 2.13. The van der Waals surface area contributed by atoms with Crippen molar-refractivity contribution in [3.8, 4) is 0 Å². The number of carbonyl (C=O) groups is 1. The van der Waals surface area contributed by atoms with Gasteiger partial charge in [0.2, 0.25) is 0 Å². The lowest BCUT2D eigenvalue weighted by molar-refractivity contribution is 0.100. The summed E-state index contributed by atoms with van der Waals surface area (Å²) in [6.45, 7) is 0. The first-order valence-corrected chi connectivity index (χ1v) is 5.43. The molecule has 0 aliphatic rings. The number of aromatic amines is 1. The molecule has 7 heteroatoms. The Balaban J connectivity index is 1.87. The van der Waals surface area contributed by atoms with Crippen LogP contribution >= 0.6 is 11.3 Å². The van der Waals surface area contributed by atoms with Gasteiger partial charge in [-0.3, -0.25) is 10.2 Å². The molecule has 0 saturated heterocycles. The molecule has 0 unspecified atom stereocenters. The predicted octanol–water partition coefficient (Wildman–Crippen LogP) is 1.20. The van der Waals surface area contributed by atoms with Crippen LogP contribution in [-0.4, -0.2) is 25.8 Å². The van der Waals surface area contributed by atoms with Gasteiger partial charge in [-0.05, 0) is 17.5 Å². The van der Waals surface area contributed by atoms with Crippen LogP contribution in [-0.2, 0) is 0 Å². The van der Waals surface area contributed by atoms with Crippen molar-refractivity contribution in [2.75, 3.05) is 5.43 Å². The highest BCUT2D eigenvalue weighted by molar-refractivity contribution is 7.17. The lowest BCUT2D eigenvalue weighted by Crippen LogP contribution is -2.21. The second-order valence-electron chi connectivity index (χ2n) is 3.19. The number of amides is 1. The Morgan fingerprint density at radius 2 is 2.25 bits per heavy atom. The zero-order valence-corrected chi connectivity index (χ0v) is 8.86. The van der Waals surface area contributed by atoms with Crippen LogP contribution in [0.5, 0.6) is 0 Å². The Kier molecular flexibility index (Phi) is 1.97. The van der Waals surface area contributed by atoms with E-state index in [1.54, 1.807) is 11.3 Å². The van der Waals surface area contributed by atoms with Crippen LogP contribution in [0.3, 0.4) is 0 Å². The maximum absolute atomic E-state index is 11.8. The predicted molar refractivity (Wildman–Crippen MR) is 59.9 cm³/mol. The summed E-state index contributed by atoms with van der Waals surface area (Å²) in [5, 5.41) is 9.16. The second kappa shape index (κ2) is 3.46. The topological polar surface area (TPSA) is 75.6 Å². The third kappa shape index (κ3) is 1.47. The largest absolute Gasteiger partial charge is 0.350 e. The summed E-state index contributed by atoms with van der Waals surface area (Å²) in [4.78, 5) is 14.8. The van der Waals surface area contributed by atoms with E-state index in [1.807, 2.05) is 17.5 Å². The SMILES string of the molecule is O=C(Nn1cnnc1)c1cc2sccc2[nH]1. The van der Waals surface area contributed by atoms with Crippen molar-refractivity contribution in [1.82, 2.24) is 19.9 Å². The van der Waals surface area contributed by atoms with E-state index in [0.717, 1.165) is 10.2 Å². The van der Waals surface area contributed by atoms with Crippen LogP contribution in [0.25, 0.3) is 10.2 Å². The molecule has 0 radical (unpaired) electrons. The molecule has 3 rings (SSSR count). The Bertz CT molecular complexity index is 595. The highest BCUT2D eigenvalue weighted by Gasteiger charge is 2.10. The van der Waals surface area contributed by atoms with Gasteiger partial charge < -0.3 is 4.98 Å². The van der Waals surface area contributed by atoms with Gasteiger partial charge in [0, 0.05) is 0 Å². The quantitative estimate of drug-likeness (QED) is 0.698. The first-order chi connectivity index (χ1) is 7.83. The van der Waals surface area contributed by atoms with Gasteiger partial charge in [-0.2, -0.15) is 0 Å². The van der Waals surface area contributed by atoms with Crippen molar-refractivity contribution in [3.05, 3.63) is 35.9 Å². The number of rotatable bonds is 2.